The molecule has 0 amide bonds. The third kappa shape index (κ3) is 2.71. The zero-order chi connectivity index (χ0) is 11.4. The minimum absolute atomic E-state index is 0.0347. The second-order valence-corrected chi connectivity index (χ2v) is 4.30. The van der Waals surface area contributed by atoms with Gasteiger partial charge in [-0.2, -0.15) is 0 Å². The van der Waals surface area contributed by atoms with E-state index in [1.165, 1.54) is 6.26 Å². The molecule has 0 atom stereocenters. The van der Waals surface area contributed by atoms with E-state index in [1.807, 2.05) is 0 Å². The molecular weight excluding hydrogens is 206 g/mol. The van der Waals surface area contributed by atoms with Crippen LogP contribution in [0.4, 0.5) is 0 Å². The van der Waals surface area contributed by atoms with Crippen molar-refractivity contribution < 1.29 is 14.3 Å². The molecule has 0 spiro atoms. The highest BCUT2D eigenvalue weighted by Gasteiger charge is 2.21. The van der Waals surface area contributed by atoms with E-state index >= 15 is 0 Å². The Bertz CT molecular complexity index is 326. The SMILES string of the molecule is O=C(CN1CCC(CO)CC1)c1ccco1. The maximum atomic E-state index is 11.7. The average molecular weight is 223 g/mol. The van der Waals surface area contributed by atoms with E-state index in [-0.39, 0.29) is 12.4 Å². The number of nitrogens with zero attached hydrogens (tertiary/aromatic N) is 1. The van der Waals surface area contributed by atoms with Crippen molar-refractivity contribution in [1.82, 2.24) is 4.90 Å². The normalized spacial score (nSPS) is 18.8. The third-order valence-corrected chi connectivity index (χ3v) is 3.13. The number of furan rings is 1. The van der Waals surface area contributed by atoms with Crippen LogP contribution >= 0.6 is 0 Å². The molecule has 1 aliphatic heterocycles. The summed E-state index contributed by atoms with van der Waals surface area (Å²) in [6.45, 7) is 2.46. The van der Waals surface area contributed by atoms with Crippen molar-refractivity contribution in [1.29, 1.82) is 0 Å². The molecule has 0 bridgehead atoms. The summed E-state index contributed by atoms with van der Waals surface area (Å²) in [7, 11) is 0. The summed E-state index contributed by atoms with van der Waals surface area (Å²) in [4.78, 5) is 13.9. The highest BCUT2D eigenvalue weighted by atomic mass is 16.3. The topological polar surface area (TPSA) is 53.7 Å². The van der Waals surface area contributed by atoms with E-state index in [0.29, 0.717) is 18.2 Å². The first-order valence-corrected chi connectivity index (χ1v) is 5.69. The van der Waals surface area contributed by atoms with Crippen molar-refractivity contribution >= 4 is 5.78 Å². The standard InChI is InChI=1S/C12H17NO3/c14-9-10-3-5-13(6-4-10)8-11(15)12-2-1-7-16-12/h1-2,7,10,14H,3-6,8-9H2. The van der Waals surface area contributed by atoms with Gasteiger partial charge >= 0.3 is 0 Å². The number of aliphatic hydroxyl groups excluding tert-OH is 1. The number of carbonyl (C=O) groups excluding carboxylic acids is 1. The quantitative estimate of drug-likeness (QED) is 0.778. The van der Waals surface area contributed by atoms with Crippen LogP contribution in [-0.4, -0.2) is 42.0 Å². The van der Waals surface area contributed by atoms with Gasteiger partial charge in [0, 0.05) is 6.61 Å². The number of likely N-dealkylation sites (tertiary alicyclic amines) is 1. The van der Waals surface area contributed by atoms with Gasteiger partial charge in [0.05, 0.1) is 12.8 Å². The first kappa shape index (κ1) is 11.4. The zero-order valence-electron chi connectivity index (χ0n) is 9.26. The molecule has 0 unspecified atom stereocenters. The average Bonchev–Trinajstić information content (AvgIpc) is 2.83. The Morgan fingerprint density at radius 3 is 2.81 bits per heavy atom. The lowest BCUT2D eigenvalue weighted by atomic mass is 9.98. The smallest absolute Gasteiger partial charge is 0.211 e. The van der Waals surface area contributed by atoms with E-state index in [4.69, 9.17) is 9.52 Å². The lowest BCUT2D eigenvalue weighted by Gasteiger charge is -2.30. The van der Waals surface area contributed by atoms with Gasteiger partial charge in [-0.3, -0.25) is 9.69 Å². The third-order valence-electron chi connectivity index (χ3n) is 3.13. The number of carbonyl (C=O) groups is 1. The van der Waals surface area contributed by atoms with Gasteiger partial charge in [0.25, 0.3) is 0 Å². The molecule has 16 heavy (non-hydrogen) atoms. The minimum Gasteiger partial charge on any atom is -0.461 e. The summed E-state index contributed by atoms with van der Waals surface area (Å²) in [5.41, 5.74) is 0. The summed E-state index contributed by atoms with van der Waals surface area (Å²) in [5, 5.41) is 9.01. The number of rotatable bonds is 4. The van der Waals surface area contributed by atoms with Crippen molar-refractivity contribution in [2.24, 2.45) is 5.92 Å². The van der Waals surface area contributed by atoms with E-state index in [9.17, 15) is 4.79 Å². The summed E-state index contributed by atoms with van der Waals surface area (Å²) in [6, 6.07) is 3.42. The predicted octanol–water partition coefficient (Wildman–Crippen LogP) is 1.17. The van der Waals surface area contributed by atoms with E-state index < -0.39 is 0 Å². The fourth-order valence-corrected chi connectivity index (χ4v) is 2.05. The Morgan fingerprint density at radius 1 is 1.50 bits per heavy atom. The molecule has 1 saturated heterocycles. The summed E-state index contributed by atoms with van der Waals surface area (Å²) < 4.78 is 5.06. The van der Waals surface area contributed by atoms with Crippen LogP contribution in [0.2, 0.25) is 0 Å². The molecule has 4 heteroatoms. The Morgan fingerprint density at radius 2 is 2.25 bits per heavy atom. The van der Waals surface area contributed by atoms with E-state index in [1.54, 1.807) is 12.1 Å². The fourth-order valence-electron chi connectivity index (χ4n) is 2.05. The van der Waals surface area contributed by atoms with Crippen molar-refractivity contribution in [3.8, 4) is 0 Å². The number of hydrogen-bond donors (Lipinski definition) is 1. The highest BCUT2D eigenvalue weighted by molar-refractivity contribution is 5.94. The molecule has 0 aromatic carbocycles. The van der Waals surface area contributed by atoms with Crippen molar-refractivity contribution in [2.45, 2.75) is 12.8 Å². The summed E-state index contributed by atoms with van der Waals surface area (Å²) in [5.74, 6) is 0.881. The van der Waals surface area contributed by atoms with Gasteiger partial charge < -0.3 is 9.52 Å². The van der Waals surface area contributed by atoms with Gasteiger partial charge in [0.15, 0.2) is 5.76 Å². The largest absolute Gasteiger partial charge is 0.461 e. The van der Waals surface area contributed by atoms with Gasteiger partial charge in [-0.25, -0.2) is 0 Å². The molecule has 2 rings (SSSR count). The Hall–Kier alpha value is -1.13. The second-order valence-electron chi connectivity index (χ2n) is 4.30. The molecule has 4 nitrogen and oxygen atoms in total. The second kappa shape index (κ2) is 5.27. The van der Waals surface area contributed by atoms with Gasteiger partial charge in [0.1, 0.15) is 0 Å². The van der Waals surface area contributed by atoms with Crippen LogP contribution in [0.5, 0.6) is 0 Å². The Kier molecular flexibility index (Phi) is 3.74. The molecule has 88 valence electrons. The van der Waals surface area contributed by atoms with Gasteiger partial charge in [-0.15, -0.1) is 0 Å². The van der Waals surface area contributed by atoms with Crippen LogP contribution < -0.4 is 0 Å². The highest BCUT2D eigenvalue weighted by Crippen LogP contribution is 2.16. The van der Waals surface area contributed by atoms with Crippen LogP contribution in [0, 0.1) is 5.92 Å². The Labute approximate surface area is 94.9 Å². The fraction of sp³-hybridized carbons (Fsp3) is 0.583. The lowest BCUT2D eigenvalue weighted by Crippen LogP contribution is -2.38. The molecule has 0 saturated carbocycles. The van der Waals surface area contributed by atoms with Crippen molar-refractivity contribution in [3.63, 3.8) is 0 Å². The number of ketones is 1. The molecule has 1 aromatic rings. The first-order chi connectivity index (χ1) is 7.79. The monoisotopic (exact) mass is 223 g/mol. The molecule has 1 aliphatic rings. The van der Waals surface area contributed by atoms with E-state index in [0.717, 1.165) is 25.9 Å². The maximum Gasteiger partial charge on any atom is 0.211 e. The number of Topliss-reactive ketones (excluding diaryl/α,β-unsaturated/α-hetero) is 1. The molecular formula is C12H17NO3. The molecule has 1 fully saturated rings. The lowest BCUT2D eigenvalue weighted by molar-refractivity contribution is 0.0838. The van der Waals surface area contributed by atoms with Gasteiger partial charge in [-0.05, 0) is 44.0 Å². The first-order valence-electron chi connectivity index (χ1n) is 5.69. The van der Waals surface area contributed by atoms with Gasteiger partial charge in [-0.1, -0.05) is 0 Å². The predicted molar refractivity (Wildman–Crippen MR) is 59.3 cm³/mol. The van der Waals surface area contributed by atoms with E-state index in [2.05, 4.69) is 4.90 Å². The molecule has 2 heterocycles. The van der Waals surface area contributed by atoms with Crippen LogP contribution in [0.3, 0.4) is 0 Å². The number of aliphatic hydroxyl groups is 1. The van der Waals surface area contributed by atoms with Crippen LogP contribution in [0.15, 0.2) is 22.8 Å². The maximum absolute atomic E-state index is 11.7. The molecule has 1 N–H and O–H groups in total. The van der Waals surface area contributed by atoms with Crippen LogP contribution in [0.1, 0.15) is 23.4 Å². The molecule has 0 aliphatic carbocycles. The zero-order valence-corrected chi connectivity index (χ0v) is 9.26. The number of hydrogen-bond acceptors (Lipinski definition) is 4. The summed E-state index contributed by atoms with van der Waals surface area (Å²) in [6.07, 6.45) is 3.47. The van der Waals surface area contributed by atoms with Crippen LogP contribution in [0.25, 0.3) is 0 Å². The van der Waals surface area contributed by atoms with Crippen LogP contribution in [-0.2, 0) is 0 Å². The minimum atomic E-state index is 0.0347. The van der Waals surface area contributed by atoms with Crippen molar-refractivity contribution in [3.05, 3.63) is 24.2 Å². The molecule has 1 aromatic heterocycles. The Balaban J connectivity index is 1.81. The molecule has 0 radical (unpaired) electrons. The van der Waals surface area contributed by atoms with Gasteiger partial charge in [0.2, 0.25) is 5.78 Å². The summed E-state index contributed by atoms with van der Waals surface area (Å²) >= 11 is 0. The van der Waals surface area contributed by atoms with Crippen molar-refractivity contribution in [2.75, 3.05) is 26.2 Å². The number of piperidine rings is 1.